The monoisotopic (exact) mass is 281 g/mol. The molecule has 0 aliphatic carbocycles. The number of esters is 1. The fourth-order valence-electron chi connectivity index (χ4n) is 2.24. The number of aryl methyl sites for hydroxylation is 1. The van der Waals surface area contributed by atoms with Crippen molar-refractivity contribution in [2.75, 3.05) is 7.11 Å². The van der Waals surface area contributed by atoms with E-state index in [1.165, 1.54) is 7.11 Å². The van der Waals surface area contributed by atoms with Gasteiger partial charge in [0, 0.05) is 0 Å². The zero-order valence-corrected chi connectivity index (χ0v) is 12.4. The second-order valence-electron chi connectivity index (χ2n) is 5.12. The maximum Gasteiger partial charge on any atom is 0.325 e. The van der Waals surface area contributed by atoms with Crippen LogP contribution in [0.15, 0.2) is 29.2 Å². The summed E-state index contributed by atoms with van der Waals surface area (Å²) >= 11 is 0. The maximum atomic E-state index is 12.5. The van der Waals surface area contributed by atoms with Crippen LogP contribution in [-0.2, 0) is 20.5 Å². The highest BCUT2D eigenvalue weighted by atomic mass is 32.2. The number of carbonyl (C=O) groups is 1. The van der Waals surface area contributed by atoms with E-state index >= 15 is 0 Å². The van der Waals surface area contributed by atoms with Crippen molar-refractivity contribution in [3.63, 3.8) is 0 Å². The van der Waals surface area contributed by atoms with Crippen LogP contribution in [0, 0.1) is 12.8 Å². The molecule has 0 bridgehead atoms. The molecule has 1 aliphatic rings. The number of hydrogen-bond acceptors (Lipinski definition) is 3. The number of methoxy groups -OCH3 is 1. The second-order valence-corrected chi connectivity index (χ2v) is 6.52. The summed E-state index contributed by atoms with van der Waals surface area (Å²) in [4.78, 5) is 12.4. The summed E-state index contributed by atoms with van der Waals surface area (Å²) in [5, 5.41) is 0. The Balaban J connectivity index is 2.19. The molecular weight excluding hydrogens is 262 g/mol. The minimum atomic E-state index is -1.30. The molecule has 0 N–H and O–H groups in total. The highest BCUT2D eigenvalue weighted by Gasteiger charge is 2.58. The number of nitrogens with zero attached hydrogens (tertiary/aromatic N) is 1. The van der Waals surface area contributed by atoms with Crippen LogP contribution in [0.25, 0.3) is 0 Å². The molecule has 0 radical (unpaired) electrons. The lowest BCUT2D eigenvalue weighted by Gasteiger charge is -2.06. The van der Waals surface area contributed by atoms with Crippen LogP contribution in [0.5, 0.6) is 0 Å². The van der Waals surface area contributed by atoms with Gasteiger partial charge >= 0.3 is 5.97 Å². The Kier molecular flexibility index (Phi) is 4.06. The Hall–Kier alpha value is -1.20. The number of hydrogen-bond donors (Lipinski definition) is 0. The lowest BCUT2D eigenvalue weighted by atomic mass is 10.1. The van der Waals surface area contributed by atoms with Crippen molar-refractivity contribution in [3.8, 4) is 0 Å². The quantitative estimate of drug-likeness (QED) is 0.625. The topological polar surface area (TPSA) is 46.4 Å². The molecule has 4 atom stereocenters. The van der Waals surface area contributed by atoms with Crippen molar-refractivity contribution in [2.45, 2.75) is 37.8 Å². The first-order chi connectivity index (χ1) is 8.97. The third-order valence-corrected chi connectivity index (χ3v) is 4.87. The SMILES string of the molecule is COC(=O)C1C(C(C)C)N1S(=O)c1ccc(C)cc1. The highest BCUT2D eigenvalue weighted by Crippen LogP contribution is 2.38. The minimum absolute atomic E-state index is 0.00501. The Bertz CT molecular complexity index is 498. The molecule has 0 amide bonds. The van der Waals surface area contributed by atoms with Crippen LogP contribution in [0.3, 0.4) is 0 Å². The fraction of sp³-hybridized carbons (Fsp3) is 0.500. The largest absolute Gasteiger partial charge is 0.468 e. The van der Waals surface area contributed by atoms with Gasteiger partial charge in [-0.1, -0.05) is 31.5 Å². The summed E-state index contributed by atoms with van der Waals surface area (Å²) < 4.78 is 19.0. The number of carbonyl (C=O) groups excluding carboxylic acids is 1. The Labute approximate surface area is 116 Å². The molecule has 0 aromatic heterocycles. The summed E-state index contributed by atoms with van der Waals surface area (Å²) in [5.74, 6) is -0.0438. The predicted octanol–water partition coefficient (Wildman–Crippen LogP) is 1.90. The van der Waals surface area contributed by atoms with Crippen molar-refractivity contribution in [3.05, 3.63) is 29.8 Å². The average Bonchev–Trinajstić information content (AvgIpc) is 3.13. The van der Waals surface area contributed by atoms with Gasteiger partial charge in [-0.3, -0.25) is 4.79 Å². The van der Waals surface area contributed by atoms with Gasteiger partial charge in [0.1, 0.15) is 17.0 Å². The molecule has 1 fully saturated rings. The summed E-state index contributed by atoms with van der Waals surface area (Å²) in [5.41, 5.74) is 1.12. The van der Waals surface area contributed by atoms with Crippen molar-refractivity contribution in [2.24, 2.45) is 5.92 Å². The molecule has 0 saturated carbocycles. The maximum absolute atomic E-state index is 12.5. The van der Waals surface area contributed by atoms with Crippen LogP contribution in [0.1, 0.15) is 19.4 Å². The Morgan fingerprint density at radius 1 is 1.32 bits per heavy atom. The molecular formula is C14H19NO3S. The smallest absolute Gasteiger partial charge is 0.325 e. The van der Waals surface area contributed by atoms with E-state index in [0.29, 0.717) is 0 Å². The van der Waals surface area contributed by atoms with Gasteiger partial charge in [-0.25, -0.2) is 4.21 Å². The van der Waals surface area contributed by atoms with Crippen molar-refractivity contribution >= 4 is 17.0 Å². The van der Waals surface area contributed by atoms with Crippen molar-refractivity contribution in [1.29, 1.82) is 0 Å². The van der Waals surface area contributed by atoms with Gasteiger partial charge in [-0.05, 0) is 25.0 Å². The lowest BCUT2D eigenvalue weighted by molar-refractivity contribution is -0.140. The van der Waals surface area contributed by atoms with Gasteiger partial charge in [-0.15, -0.1) is 0 Å². The summed E-state index contributed by atoms with van der Waals surface area (Å²) in [7, 11) is 0.0634. The molecule has 4 nitrogen and oxygen atoms in total. The van der Waals surface area contributed by atoms with Gasteiger partial charge in [-0.2, -0.15) is 4.31 Å². The third-order valence-electron chi connectivity index (χ3n) is 3.34. The molecule has 1 aliphatic heterocycles. The van der Waals surface area contributed by atoms with E-state index in [0.717, 1.165) is 10.5 Å². The van der Waals surface area contributed by atoms with Crippen LogP contribution >= 0.6 is 0 Å². The van der Waals surface area contributed by atoms with Gasteiger partial charge in [0.05, 0.1) is 18.0 Å². The lowest BCUT2D eigenvalue weighted by Crippen LogP contribution is -2.16. The minimum Gasteiger partial charge on any atom is -0.468 e. The van der Waals surface area contributed by atoms with E-state index in [1.54, 1.807) is 4.31 Å². The van der Waals surface area contributed by atoms with E-state index in [9.17, 15) is 9.00 Å². The zero-order chi connectivity index (χ0) is 14.2. The van der Waals surface area contributed by atoms with Crippen molar-refractivity contribution < 1.29 is 13.7 Å². The molecule has 1 aromatic rings. The van der Waals surface area contributed by atoms with Crippen LogP contribution < -0.4 is 0 Å². The molecule has 1 saturated heterocycles. The Morgan fingerprint density at radius 3 is 2.37 bits per heavy atom. The van der Waals surface area contributed by atoms with Gasteiger partial charge in [0.15, 0.2) is 0 Å². The molecule has 19 heavy (non-hydrogen) atoms. The van der Waals surface area contributed by atoms with Gasteiger partial charge in [0.25, 0.3) is 0 Å². The van der Waals surface area contributed by atoms with Gasteiger partial charge in [0.2, 0.25) is 0 Å². The molecule has 0 spiro atoms. The van der Waals surface area contributed by atoms with Crippen LogP contribution in [0.4, 0.5) is 0 Å². The van der Waals surface area contributed by atoms with Crippen molar-refractivity contribution in [1.82, 2.24) is 4.31 Å². The average molecular weight is 281 g/mol. The molecule has 1 heterocycles. The molecule has 104 valence electrons. The normalized spacial score (nSPS) is 27.1. The van der Waals surface area contributed by atoms with Crippen LogP contribution in [-0.4, -0.2) is 33.7 Å². The summed E-state index contributed by atoms with van der Waals surface area (Å²) in [6.45, 7) is 6.03. The van der Waals surface area contributed by atoms with E-state index in [4.69, 9.17) is 4.74 Å². The Morgan fingerprint density at radius 2 is 1.89 bits per heavy atom. The first-order valence-electron chi connectivity index (χ1n) is 6.32. The second kappa shape index (κ2) is 5.43. The zero-order valence-electron chi connectivity index (χ0n) is 11.6. The summed E-state index contributed by atoms with van der Waals surface area (Å²) in [6.07, 6.45) is 0. The summed E-state index contributed by atoms with van der Waals surface area (Å²) in [6, 6.07) is 7.15. The first-order valence-corrected chi connectivity index (χ1v) is 7.42. The first kappa shape index (κ1) is 14.2. The van der Waals surface area contributed by atoms with Crippen LogP contribution in [0.2, 0.25) is 0 Å². The molecule has 4 unspecified atom stereocenters. The van der Waals surface area contributed by atoms with E-state index in [-0.39, 0.29) is 24.0 Å². The molecule has 5 heteroatoms. The van der Waals surface area contributed by atoms with E-state index in [1.807, 2.05) is 45.0 Å². The van der Waals surface area contributed by atoms with E-state index < -0.39 is 11.0 Å². The third kappa shape index (κ3) is 2.72. The molecule has 2 rings (SSSR count). The highest BCUT2D eigenvalue weighted by molar-refractivity contribution is 7.83. The number of rotatable bonds is 4. The predicted molar refractivity (Wildman–Crippen MR) is 73.9 cm³/mol. The molecule has 1 aromatic carbocycles. The standard InChI is InChI=1S/C14H19NO3S/c1-9(2)12-13(14(16)18-4)15(12)19(17)11-7-5-10(3)6-8-11/h5-9,12-13H,1-4H3. The van der Waals surface area contributed by atoms with Gasteiger partial charge < -0.3 is 4.74 Å². The van der Waals surface area contributed by atoms with E-state index in [2.05, 4.69) is 0 Å². The number of benzene rings is 1. The fourth-order valence-corrected chi connectivity index (χ4v) is 3.80. The number of ether oxygens (including phenoxy) is 1.